The molecular weight excluding hydrogens is 536 g/mol. The fraction of sp³-hybridized carbons (Fsp3) is 0.438. The van der Waals surface area contributed by atoms with Gasteiger partial charge in [0, 0.05) is 37.0 Å². The highest BCUT2D eigenvalue weighted by Crippen LogP contribution is 2.21. The summed E-state index contributed by atoms with van der Waals surface area (Å²) in [5, 5.41) is 6.33. The number of hydrogen-bond donors (Lipinski definition) is 3. The minimum Gasteiger partial charge on any atom is -0.464 e. The van der Waals surface area contributed by atoms with Gasteiger partial charge in [0.2, 0.25) is 11.8 Å². The summed E-state index contributed by atoms with van der Waals surface area (Å²) in [4.78, 5) is 57.7. The fourth-order valence-electron chi connectivity index (χ4n) is 4.53. The van der Waals surface area contributed by atoms with Crippen molar-refractivity contribution in [1.29, 1.82) is 0 Å². The summed E-state index contributed by atoms with van der Waals surface area (Å²) >= 11 is 0. The molecule has 3 N–H and O–H groups in total. The average Bonchev–Trinajstić information content (AvgIpc) is 3.32. The van der Waals surface area contributed by atoms with E-state index < -0.39 is 47.1 Å². The van der Waals surface area contributed by atoms with Gasteiger partial charge in [0.05, 0.1) is 6.61 Å². The molecule has 42 heavy (non-hydrogen) atoms. The molecule has 3 rings (SSSR count). The maximum absolute atomic E-state index is 14.1. The number of fused-ring (bicyclic) bond motifs is 1. The summed E-state index contributed by atoms with van der Waals surface area (Å²) in [6, 6.07) is 15.0. The first-order valence-corrected chi connectivity index (χ1v) is 14.1. The van der Waals surface area contributed by atoms with Crippen molar-refractivity contribution >= 4 is 34.8 Å². The first-order chi connectivity index (χ1) is 19.7. The van der Waals surface area contributed by atoms with E-state index in [4.69, 9.17) is 9.47 Å². The fourth-order valence-corrected chi connectivity index (χ4v) is 4.53. The predicted molar refractivity (Wildman–Crippen MR) is 161 cm³/mol. The lowest BCUT2D eigenvalue weighted by atomic mass is 9.99. The summed E-state index contributed by atoms with van der Waals surface area (Å²) in [5.41, 5.74) is 0.387. The summed E-state index contributed by atoms with van der Waals surface area (Å²) in [6.07, 6.45) is 1.42. The number of carbonyl (C=O) groups is 4. The SMILES string of the molecule is CCOC(=O)C(Cc1ccccc1)N(C)C(=O)C(Cc1c[nH]c2ccccc12)NC(=O)C(C)(C)NC(=O)OC(C)(C)C. The number of likely N-dealkylation sites (N-methyl/N-ethyl adjacent to an activating group) is 1. The molecule has 0 aliphatic rings. The molecule has 0 saturated heterocycles. The van der Waals surface area contributed by atoms with E-state index >= 15 is 0 Å². The minimum absolute atomic E-state index is 0.141. The van der Waals surface area contributed by atoms with Crippen LogP contribution in [0.2, 0.25) is 0 Å². The Bertz CT molecular complexity index is 1390. The van der Waals surface area contributed by atoms with Crippen LogP contribution >= 0.6 is 0 Å². The molecule has 10 heteroatoms. The van der Waals surface area contributed by atoms with Crippen LogP contribution in [0.3, 0.4) is 0 Å². The Kier molecular flexibility index (Phi) is 10.4. The molecule has 2 aromatic carbocycles. The van der Waals surface area contributed by atoms with E-state index in [1.165, 1.54) is 25.8 Å². The van der Waals surface area contributed by atoms with Crippen molar-refractivity contribution < 1.29 is 28.7 Å². The van der Waals surface area contributed by atoms with Crippen molar-refractivity contribution in [3.63, 3.8) is 0 Å². The molecule has 10 nitrogen and oxygen atoms in total. The quantitative estimate of drug-likeness (QED) is 0.294. The first kappa shape index (κ1) is 32.2. The smallest absolute Gasteiger partial charge is 0.408 e. The molecule has 0 bridgehead atoms. The van der Waals surface area contributed by atoms with Gasteiger partial charge in [-0.2, -0.15) is 0 Å². The zero-order valence-electron chi connectivity index (χ0n) is 25.4. The van der Waals surface area contributed by atoms with Crippen LogP contribution in [0.4, 0.5) is 4.79 Å². The van der Waals surface area contributed by atoms with Gasteiger partial charge in [-0.1, -0.05) is 48.5 Å². The molecule has 2 unspecified atom stereocenters. The number of aromatic amines is 1. The number of H-pyrrole nitrogens is 1. The summed E-state index contributed by atoms with van der Waals surface area (Å²) < 4.78 is 10.6. The highest BCUT2D eigenvalue weighted by molar-refractivity contribution is 5.95. The molecule has 226 valence electrons. The van der Waals surface area contributed by atoms with E-state index in [1.807, 2.05) is 54.6 Å². The first-order valence-electron chi connectivity index (χ1n) is 14.1. The van der Waals surface area contributed by atoms with E-state index in [1.54, 1.807) is 33.9 Å². The number of aromatic nitrogens is 1. The van der Waals surface area contributed by atoms with Gasteiger partial charge in [0.25, 0.3) is 0 Å². The van der Waals surface area contributed by atoms with E-state index in [-0.39, 0.29) is 19.4 Å². The molecule has 0 aliphatic carbocycles. The maximum atomic E-state index is 14.1. The number of nitrogens with one attached hydrogen (secondary N) is 3. The van der Waals surface area contributed by atoms with Crippen LogP contribution in [0, 0.1) is 0 Å². The monoisotopic (exact) mass is 578 g/mol. The number of para-hydroxylation sites is 1. The predicted octanol–water partition coefficient (Wildman–Crippen LogP) is 4.13. The van der Waals surface area contributed by atoms with Crippen LogP contribution in [0.5, 0.6) is 0 Å². The zero-order chi connectivity index (χ0) is 31.1. The number of rotatable bonds is 11. The van der Waals surface area contributed by atoms with E-state index in [9.17, 15) is 19.2 Å². The molecule has 3 amide bonds. The van der Waals surface area contributed by atoms with Gasteiger partial charge in [0.1, 0.15) is 23.2 Å². The Balaban J connectivity index is 1.92. The van der Waals surface area contributed by atoms with Gasteiger partial charge < -0.3 is 30.0 Å². The number of hydrogen-bond acceptors (Lipinski definition) is 6. The van der Waals surface area contributed by atoms with Crippen LogP contribution in [0.25, 0.3) is 10.9 Å². The number of benzene rings is 2. The maximum Gasteiger partial charge on any atom is 0.408 e. The molecule has 0 saturated carbocycles. The summed E-state index contributed by atoms with van der Waals surface area (Å²) in [7, 11) is 1.53. The molecule has 1 heterocycles. The van der Waals surface area contributed by atoms with Gasteiger partial charge in [-0.25, -0.2) is 9.59 Å². The van der Waals surface area contributed by atoms with E-state index in [0.29, 0.717) is 0 Å². The van der Waals surface area contributed by atoms with Crippen molar-refractivity contribution in [2.24, 2.45) is 0 Å². The summed E-state index contributed by atoms with van der Waals surface area (Å²) in [6.45, 7) is 10.1. The Morgan fingerprint density at radius 1 is 0.929 bits per heavy atom. The molecule has 3 aromatic rings. The lowest BCUT2D eigenvalue weighted by Crippen LogP contribution is -2.61. The van der Waals surface area contributed by atoms with Crippen LogP contribution in [0.15, 0.2) is 60.8 Å². The van der Waals surface area contributed by atoms with Crippen molar-refractivity contribution in [1.82, 2.24) is 20.5 Å². The lowest BCUT2D eigenvalue weighted by molar-refractivity contribution is -0.154. The largest absolute Gasteiger partial charge is 0.464 e. The number of carbonyl (C=O) groups excluding carboxylic acids is 4. The second-order valence-corrected chi connectivity index (χ2v) is 11.7. The number of amides is 3. The summed E-state index contributed by atoms with van der Waals surface area (Å²) in [5.74, 6) is -1.60. The number of nitrogens with zero attached hydrogens (tertiary/aromatic N) is 1. The van der Waals surface area contributed by atoms with Crippen molar-refractivity contribution in [3.05, 3.63) is 71.9 Å². The normalized spacial score (nSPS) is 13.1. The molecule has 0 fully saturated rings. The Hall–Kier alpha value is -4.34. The van der Waals surface area contributed by atoms with Crippen molar-refractivity contribution in [3.8, 4) is 0 Å². The lowest BCUT2D eigenvalue weighted by Gasteiger charge is -2.33. The van der Waals surface area contributed by atoms with Crippen LogP contribution in [-0.4, -0.2) is 70.6 Å². The number of ether oxygens (including phenoxy) is 2. The molecular formula is C32H42N4O6. The van der Waals surface area contributed by atoms with Gasteiger partial charge in [-0.05, 0) is 58.7 Å². The molecule has 0 spiro atoms. The minimum atomic E-state index is -1.41. The van der Waals surface area contributed by atoms with Crippen LogP contribution in [0.1, 0.15) is 52.7 Å². The highest BCUT2D eigenvalue weighted by atomic mass is 16.6. The van der Waals surface area contributed by atoms with Crippen molar-refractivity contribution in [2.75, 3.05) is 13.7 Å². The Morgan fingerprint density at radius 3 is 2.21 bits per heavy atom. The van der Waals surface area contributed by atoms with Gasteiger partial charge in [0.15, 0.2) is 0 Å². The van der Waals surface area contributed by atoms with Gasteiger partial charge >= 0.3 is 12.1 Å². The molecule has 0 radical (unpaired) electrons. The second-order valence-electron chi connectivity index (χ2n) is 11.7. The van der Waals surface area contributed by atoms with Crippen molar-refractivity contribution in [2.45, 2.75) is 77.6 Å². The Morgan fingerprint density at radius 2 is 1.57 bits per heavy atom. The van der Waals surface area contributed by atoms with Crippen LogP contribution < -0.4 is 10.6 Å². The Labute approximate surface area is 247 Å². The van der Waals surface area contributed by atoms with E-state index in [2.05, 4.69) is 15.6 Å². The standard InChI is InChI=1S/C32H42N4O6/c1-8-41-28(38)26(18-21-14-10-9-11-15-21)36(7)27(37)25(19-22-20-33-24-17-13-12-16-23(22)24)34-29(39)32(5,6)35-30(40)42-31(2,3)4/h9-17,20,25-26,33H,8,18-19H2,1-7H3,(H,34,39)(H,35,40). The zero-order valence-corrected chi connectivity index (χ0v) is 25.4. The molecule has 0 aliphatic heterocycles. The molecule has 2 atom stereocenters. The topological polar surface area (TPSA) is 130 Å². The van der Waals surface area contributed by atoms with E-state index in [0.717, 1.165) is 22.0 Å². The number of alkyl carbamates (subject to hydrolysis) is 1. The van der Waals surface area contributed by atoms with Gasteiger partial charge in [-0.15, -0.1) is 0 Å². The third-order valence-electron chi connectivity index (χ3n) is 6.73. The third kappa shape index (κ3) is 8.58. The average molecular weight is 579 g/mol. The molecule has 1 aromatic heterocycles. The highest BCUT2D eigenvalue weighted by Gasteiger charge is 2.38. The van der Waals surface area contributed by atoms with Gasteiger partial charge in [-0.3, -0.25) is 9.59 Å². The second kappa shape index (κ2) is 13.5. The number of esters is 1. The third-order valence-corrected chi connectivity index (χ3v) is 6.73. The van der Waals surface area contributed by atoms with Crippen LogP contribution in [-0.2, 0) is 36.7 Å².